The molecule has 0 bridgehead atoms. The van der Waals surface area contributed by atoms with Crippen molar-refractivity contribution in [1.29, 1.82) is 0 Å². The van der Waals surface area contributed by atoms with Crippen LogP contribution < -0.4 is 4.90 Å². The van der Waals surface area contributed by atoms with E-state index in [9.17, 15) is 22.8 Å². The summed E-state index contributed by atoms with van der Waals surface area (Å²) in [6.45, 7) is 5.93. The van der Waals surface area contributed by atoms with Gasteiger partial charge in [0.25, 0.3) is 5.91 Å². The van der Waals surface area contributed by atoms with E-state index >= 15 is 0 Å². The largest absolute Gasteiger partial charge is 0.459 e. The molecule has 1 atom stereocenters. The number of furan rings is 1. The van der Waals surface area contributed by atoms with Gasteiger partial charge in [0, 0.05) is 58.0 Å². The number of piperazine rings is 2. The maximum atomic E-state index is 13.0. The molecule has 2 fully saturated rings. The first-order valence-corrected chi connectivity index (χ1v) is 11.0. The van der Waals surface area contributed by atoms with E-state index in [0.717, 1.165) is 6.07 Å². The summed E-state index contributed by atoms with van der Waals surface area (Å²) in [6, 6.07) is 8.31. The highest BCUT2D eigenvalue weighted by molar-refractivity contribution is 5.91. The highest BCUT2D eigenvalue weighted by Crippen LogP contribution is 2.32. The number of hydrogen-bond donors (Lipinski definition) is 0. The Labute approximate surface area is 190 Å². The second-order valence-corrected chi connectivity index (χ2v) is 8.34. The lowest BCUT2D eigenvalue weighted by Gasteiger charge is -2.41. The summed E-state index contributed by atoms with van der Waals surface area (Å²) in [4.78, 5) is 32.9. The zero-order valence-electron chi connectivity index (χ0n) is 18.4. The van der Waals surface area contributed by atoms with Gasteiger partial charge in [-0.2, -0.15) is 13.2 Å². The monoisotopic (exact) mass is 464 g/mol. The lowest BCUT2D eigenvalue weighted by Crippen LogP contribution is -2.58. The number of rotatable bonds is 4. The van der Waals surface area contributed by atoms with Crippen LogP contribution in [0.25, 0.3) is 0 Å². The van der Waals surface area contributed by atoms with Gasteiger partial charge in [-0.15, -0.1) is 0 Å². The maximum absolute atomic E-state index is 13.0. The van der Waals surface area contributed by atoms with E-state index in [1.807, 2.05) is 11.8 Å². The third-order valence-electron chi connectivity index (χ3n) is 6.37. The third-order valence-corrected chi connectivity index (χ3v) is 6.37. The van der Waals surface area contributed by atoms with E-state index in [4.69, 9.17) is 4.42 Å². The first-order chi connectivity index (χ1) is 15.7. The average molecular weight is 464 g/mol. The van der Waals surface area contributed by atoms with Crippen LogP contribution in [0.3, 0.4) is 0 Å². The van der Waals surface area contributed by atoms with Crippen LogP contribution in [0.15, 0.2) is 47.1 Å². The van der Waals surface area contributed by atoms with Gasteiger partial charge >= 0.3 is 6.18 Å². The van der Waals surface area contributed by atoms with Gasteiger partial charge in [-0.05, 0) is 37.3 Å². The van der Waals surface area contributed by atoms with Gasteiger partial charge in [0.05, 0.1) is 17.9 Å². The van der Waals surface area contributed by atoms with Gasteiger partial charge in [-0.1, -0.05) is 6.07 Å². The van der Waals surface area contributed by atoms with Gasteiger partial charge in [0.1, 0.15) is 0 Å². The molecular weight excluding hydrogens is 437 g/mol. The van der Waals surface area contributed by atoms with Crippen molar-refractivity contribution in [2.45, 2.75) is 19.1 Å². The van der Waals surface area contributed by atoms with E-state index in [1.54, 1.807) is 28.0 Å². The molecule has 0 N–H and O–H groups in total. The SMILES string of the molecule is CC(C(=O)N1CCN(C(=O)c2ccco2)CC1)N1CCN(c2cccc(C(F)(F)F)c2)CC1. The summed E-state index contributed by atoms with van der Waals surface area (Å²) >= 11 is 0. The number of benzene rings is 1. The number of hydrogen-bond acceptors (Lipinski definition) is 5. The Balaban J connectivity index is 1.28. The second kappa shape index (κ2) is 9.46. The molecule has 1 unspecified atom stereocenters. The number of nitrogens with zero attached hydrogens (tertiary/aromatic N) is 4. The highest BCUT2D eigenvalue weighted by Gasteiger charge is 2.33. The van der Waals surface area contributed by atoms with Crippen LogP contribution in [0.5, 0.6) is 0 Å². The zero-order chi connectivity index (χ0) is 23.6. The Bertz CT molecular complexity index is 964. The third kappa shape index (κ3) is 5.16. The molecule has 4 rings (SSSR count). The Morgan fingerprint density at radius 1 is 0.909 bits per heavy atom. The summed E-state index contributed by atoms with van der Waals surface area (Å²) in [5.41, 5.74) is -0.114. The molecule has 10 heteroatoms. The average Bonchev–Trinajstić information content (AvgIpc) is 3.37. The Morgan fingerprint density at radius 2 is 1.58 bits per heavy atom. The zero-order valence-corrected chi connectivity index (χ0v) is 18.4. The standard InChI is InChI=1S/C23H27F3N4O3/c1-17(21(31)29-11-13-30(14-12-29)22(32)20-6-3-15-33-20)27-7-9-28(10-8-27)19-5-2-4-18(16-19)23(24,25)26/h2-6,15-17H,7-14H2,1H3. The van der Waals surface area contributed by atoms with Gasteiger partial charge in [0.15, 0.2) is 5.76 Å². The van der Waals surface area contributed by atoms with Crippen LogP contribution in [0.2, 0.25) is 0 Å². The number of carbonyl (C=O) groups is 2. The van der Waals surface area contributed by atoms with Gasteiger partial charge in [-0.3, -0.25) is 14.5 Å². The predicted molar refractivity (Wildman–Crippen MR) is 116 cm³/mol. The van der Waals surface area contributed by atoms with Crippen molar-refractivity contribution in [2.24, 2.45) is 0 Å². The molecule has 2 aliphatic heterocycles. The molecule has 33 heavy (non-hydrogen) atoms. The van der Waals surface area contributed by atoms with Crippen molar-refractivity contribution in [3.63, 3.8) is 0 Å². The van der Waals surface area contributed by atoms with Crippen molar-refractivity contribution in [2.75, 3.05) is 57.3 Å². The van der Waals surface area contributed by atoms with Crippen LogP contribution >= 0.6 is 0 Å². The van der Waals surface area contributed by atoms with Crippen LogP contribution in [-0.4, -0.2) is 84.9 Å². The fourth-order valence-corrected chi connectivity index (χ4v) is 4.35. The summed E-state index contributed by atoms with van der Waals surface area (Å²) in [5.74, 6) is 0.125. The molecule has 0 aliphatic carbocycles. The fraction of sp³-hybridized carbons (Fsp3) is 0.478. The summed E-state index contributed by atoms with van der Waals surface area (Å²) < 4.78 is 44.2. The van der Waals surface area contributed by atoms with Crippen LogP contribution in [0.4, 0.5) is 18.9 Å². The van der Waals surface area contributed by atoms with Crippen LogP contribution in [-0.2, 0) is 11.0 Å². The van der Waals surface area contributed by atoms with Crippen molar-refractivity contribution in [3.8, 4) is 0 Å². The van der Waals surface area contributed by atoms with E-state index in [2.05, 4.69) is 4.90 Å². The first kappa shape index (κ1) is 23.2. The molecule has 1 aromatic carbocycles. The van der Waals surface area contributed by atoms with Gasteiger partial charge < -0.3 is 19.1 Å². The van der Waals surface area contributed by atoms with Gasteiger partial charge in [-0.25, -0.2) is 0 Å². The number of carbonyl (C=O) groups excluding carboxylic acids is 2. The molecule has 2 aromatic rings. The van der Waals surface area contributed by atoms with Crippen LogP contribution in [0.1, 0.15) is 23.0 Å². The molecule has 0 saturated carbocycles. The molecule has 0 radical (unpaired) electrons. The van der Waals surface area contributed by atoms with E-state index in [-0.39, 0.29) is 17.9 Å². The lowest BCUT2D eigenvalue weighted by atomic mass is 10.1. The minimum Gasteiger partial charge on any atom is -0.459 e. The Morgan fingerprint density at radius 3 is 2.18 bits per heavy atom. The molecule has 7 nitrogen and oxygen atoms in total. The summed E-state index contributed by atoms with van der Waals surface area (Å²) in [7, 11) is 0. The summed E-state index contributed by atoms with van der Waals surface area (Å²) in [6.07, 6.45) is -2.91. The fourth-order valence-electron chi connectivity index (χ4n) is 4.35. The van der Waals surface area contributed by atoms with Crippen molar-refractivity contribution < 1.29 is 27.2 Å². The van der Waals surface area contributed by atoms with E-state index in [0.29, 0.717) is 63.8 Å². The molecule has 178 valence electrons. The lowest BCUT2D eigenvalue weighted by molar-refractivity contribution is -0.138. The minimum absolute atomic E-state index is 0.00705. The molecule has 1 aromatic heterocycles. The number of halogens is 3. The summed E-state index contributed by atoms with van der Waals surface area (Å²) in [5, 5.41) is 0. The minimum atomic E-state index is -4.37. The second-order valence-electron chi connectivity index (χ2n) is 8.34. The van der Waals surface area contributed by atoms with Crippen molar-refractivity contribution in [1.82, 2.24) is 14.7 Å². The smallest absolute Gasteiger partial charge is 0.416 e. The predicted octanol–water partition coefficient (Wildman–Crippen LogP) is 2.79. The molecule has 0 spiro atoms. The molecule has 3 heterocycles. The molecular formula is C23H27F3N4O3. The highest BCUT2D eigenvalue weighted by atomic mass is 19.4. The number of anilines is 1. The Hall–Kier alpha value is -3.01. The van der Waals surface area contributed by atoms with Crippen molar-refractivity contribution in [3.05, 3.63) is 54.0 Å². The topological polar surface area (TPSA) is 60.2 Å². The quantitative estimate of drug-likeness (QED) is 0.697. The first-order valence-electron chi connectivity index (χ1n) is 11.0. The van der Waals surface area contributed by atoms with Crippen molar-refractivity contribution >= 4 is 17.5 Å². The number of amides is 2. The van der Waals surface area contributed by atoms with E-state index in [1.165, 1.54) is 18.4 Å². The maximum Gasteiger partial charge on any atom is 0.416 e. The normalized spacial score (nSPS) is 19.0. The molecule has 2 amide bonds. The van der Waals surface area contributed by atoms with E-state index < -0.39 is 11.7 Å². The molecule has 2 saturated heterocycles. The Kier molecular flexibility index (Phi) is 6.64. The number of alkyl halides is 3. The van der Waals surface area contributed by atoms with Gasteiger partial charge in [0.2, 0.25) is 5.91 Å². The molecule has 2 aliphatic rings. The van der Waals surface area contributed by atoms with Crippen LogP contribution in [0, 0.1) is 0 Å².